The van der Waals surface area contributed by atoms with E-state index in [-0.39, 0.29) is 28.8 Å². The summed E-state index contributed by atoms with van der Waals surface area (Å²) in [4.78, 5) is 17.8. The highest BCUT2D eigenvalue weighted by Crippen LogP contribution is 2.34. The van der Waals surface area contributed by atoms with Gasteiger partial charge < -0.3 is 9.47 Å². The van der Waals surface area contributed by atoms with Crippen LogP contribution in [0.5, 0.6) is 17.4 Å². The standard InChI is InChI=1S/C12H8N4O4/c1-19-11-6-8(16(17)18)2-3-10(11)20-12-9(7-13)14-4-5-15-12/h2-6H,1H3. The van der Waals surface area contributed by atoms with Crippen molar-refractivity contribution >= 4 is 5.69 Å². The molecule has 0 bridgehead atoms. The SMILES string of the molecule is COc1cc([N+](=O)[O-])ccc1Oc1nccnc1C#N. The summed E-state index contributed by atoms with van der Waals surface area (Å²) in [5.41, 5.74) is -0.123. The first-order chi connectivity index (χ1) is 9.65. The van der Waals surface area contributed by atoms with Crippen molar-refractivity contribution in [3.8, 4) is 23.4 Å². The largest absolute Gasteiger partial charge is 0.493 e. The number of ether oxygens (including phenoxy) is 2. The molecule has 1 aromatic carbocycles. The minimum Gasteiger partial charge on any atom is -0.493 e. The molecule has 0 aliphatic heterocycles. The van der Waals surface area contributed by atoms with E-state index in [1.807, 2.05) is 6.07 Å². The maximum atomic E-state index is 10.7. The number of nitrogens with zero attached hydrogens (tertiary/aromatic N) is 4. The third-order valence-corrected chi connectivity index (χ3v) is 2.34. The zero-order valence-corrected chi connectivity index (χ0v) is 10.3. The Morgan fingerprint density at radius 2 is 2.05 bits per heavy atom. The van der Waals surface area contributed by atoms with Gasteiger partial charge >= 0.3 is 0 Å². The fourth-order valence-electron chi connectivity index (χ4n) is 1.43. The lowest BCUT2D eigenvalue weighted by Gasteiger charge is -2.09. The summed E-state index contributed by atoms with van der Waals surface area (Å²) in [6.45, 7) is 0. The van der Waals surface area contributed by atoms with Crippen LogP contribution in [0.4, 0.5) is 5.69 Å². The molecule has 8 heteroatoms. The average Bonchev–Trinajstić information content (AvgIpc) is 2.48. The molecule has 0 unspecified atom stereocenters. The van der Waals surface area contributed by atoms with E-state index in [4.69, 9.17) is 14.7 Å². The van der Waals surface area contributed by atoms with E-state index >= 15 is 0 Å². The van der Waals surface area contributed by atoms with E-state index in [0.29, 0.717) is 0 Å². The molecule has 2 rings (SSSR count). The molecule has 100 valence electrons. The number of nitriles is 1. The average molecular weight is 272 g/mol. The van der Waals surface area contributed by atoms with Crippen LogP contribution in [0.25, 0.3) is 0 Å². The van der Waals surface area contributed by atoms with Crippen LogP contribution >= 0.6 is 0 Å². The van der Waals surface area contributed by atoms with Crippen LogP contribution in [-0.2, 0) is 0 Å². The zero-order valence-electron chi connectivity index (χ0n) is 10.3. The monoisotopic (exact) mass is 272 g/mol. The predicted molar refractivity (Wildman–Crippen MR) is 66.5 cm³/mol. The van der Waals surface area contributed by atoms with Gasteiger partial charge in [0.1, 0.15) is 6.07 Å². The Bertz CT molecular complexity index is 696. The number of nitro benzene ring substituents is 1. The lowest BCUT2D eigenvalue weighted by molar-refractivity contribution is -0.384. The Morgan fingerprint density at radius 3 is 2.70 bits per heavy atom. The molecular weight excluding hydrogens is 264 g/mol. The Labute approximate surface area is 113 Å². The number of aromatic nitrogens is 2. The summed E-state index contributed by atoms with van der Waals surface area (Å²) in [6, 6.07) is 5.69. The van der Waals surface area contributed by atoms with E-state index in [1.54, 1.807) is 0 Å². The van der Waals surface area contributed by atoms with Crippen LogP contribution in [0, 0.1) is 21.4 Å². The molecule has 0 saturated carbocycles. The van der Waals surface area contributed by atoms with E-state index in [2.05, 4.69) is 9.97 Å². The van der Waals surface area contributed by atoms with Gasteiger partial charge in [-0.3, -0.25) is 10.1 Å². The molecule has 0 spiro atoms. The van der Waals surface area contributed by atoms with Crippen molar-refractivity contribution in [1.29, 1.82) is 5.26 Å². The molecule has 0 saturated heterocycles. The molecule has 2 aromatic rings. The molecule has 0 radical (unpaired) electrons. The quantitative estimate of drug-likeness (QED) is 0.618. The van der Waals surface area contributed by atoms with Gasteiger partial charge in [-0.2, -0.15) is 5.26 Å². The summed E-state index contributed by atoms with van der Waals surface area (Å²) in [5.74, 6) is 0.367. The molecule has 8 nitrogen and oxygen atoms in total. The molecule has 1 heterocycles. The van der Waals surface area contributed by atoms with E-state index in [1.165, 1.54) is 37.7 Å². The van der Waals surface area contributed by atoms with E-state index in [9.17, 15) is 10.1 Å². The van der Waals surface area contributed by atoms with E-state index in [0.717, 1.165) is 0 Å². The first-order valence-electron chi connectivity index (χ1n) is 5.37. The smallest absolute Gasteiger partial charge is 0.273 e. The summed E-state index contributed by atoms with van der Waals surface area (Å²) in [7, 11) is 1.35. The Kier molecular flexibility index (Phi) is 3.72. The van der Waals surface area contributed by atoms with Crippen molar-refractivity contribution in [2.24, 2.45) is 0 Å². The van der Waals surface area contributed by atoms with Crippen molar-refractivity contribution in [2.45, 2.75) is 0 Å². The van der Waals surface area contributed by atoms with Gasteiger partial charge in [0.05, 0.1) is 18.1 Å². The van der Waals surface area contributed by atoms with Crippen LogP contribution < -0.4 is 9.47 Å². The van der Waals surface area contributed by atoms with Gasteiger partial charge in [-0.25, -0.2) is 9.97 Å². The van der Waals surface area contributed by atoms with Crippen molar-refractivity contribution in [3.05, 3.63) is 46.4 Å². The second-order valence-electron chi connectivity index (χ2n) is 3.52. The highest BCUT2D eigenvalue weighted by Gasteiger charge is 2.15. The third-order valence-electron chi connectivity index (χ3n) is 2.34. The Hall–Kier alpha value is -3.21. The number of hydrogen-bond acceptors (Lipinski definition) is 7. The van der Waals surface area contributed by atoms with E-state index < -0.39 is 4.92 Å². The highest BCUT2D eigenvalue weighted by atomic mass is 16.6. The molecule has 0 amide bonds. The highest BCUT2D eigenvalue weighted by molar-refractivity contribution is 5.50. The molecule has 0 atom stereocenters. The van der Waals surface area contributed by atoms with Gasteiger partial charge in [-0.05, 0) is 6.07 Å². The van der Waals surface area contributed by atoms with Crippen LogP contribution in [0.3, 0.4) is 0 Å². The first kappa shape index (κ1) is 13.2. The normalized spacial score (nSPS) is 9.60. The van der Waals surface area contributed by atoms with Crippen molar-refractivity contribution in [2.75, 3.05) is 7.11 Å². The molecule has 0 N–H and O–H groups in total. The van der Waals surface area contributed by atoms with Gasteiger partial charge in [0.2, 0.25) is 5.69 Å². The predicted octanol–water partition coefficient (Wildman–Crippen LogP) is 2.06. The lowest BCUT2D eigenvalue weighted by Crippen LogP contribution is -1.97. The number of non-ortho nitro benzene ring substituents is 1. The maximum Gasteiger partial charge on any atom is 0.273 e. The third kappa shape index (κ3) is 2.62. The summed E-state index contributed by atoms with van der Waals surface area (Å²) in [5, 5.41) is 19.6. The molecule has 1 aromatic heterocycles. The van der Waals surface area contributed by atoms with Gasteiger partial charge in [0, 0.05) is 18.5 Å². The van der Waals surface area contributed by atoms with Crippen molar-refractivity contribution in [1.82, 2.24) is 9.97 Å². The number of nitro groups is 1. The van der Waals surface area contributed by atoms with Crippen LogP contribution in [0.15, 0.2) is 30.6 Å². The summed E-state index contributed by atoms with van der Waals surface area (Å²) < 4.78 is 10.4. The second-order valence-corrected chi connectivity index (χ2v) is 3.52. The Balaban J connectivity index is 2.39. The molecular formula is C12H8N4O4. The zero-order chi connectivity index (χ0) is 14.5. The van der Waals surface area contributed by atoms with Crippen LogP contribution in [-0.4, -0.2) is 22.0 Å². The fraction of sp³-hybridized carbons (Fsp3) is 0.0833. The van der Waals surface area contributed by atoms with Gasteiger partial charge in [0.15, 0.2) is 11.5 Å². The number of hydrogen-bond donors (Lipinski definition) is 0. The van der Waals surface area contributed by atoms with Gasteiger partial charge in [-0.15, -0.1) is 0 Å². The topological polar surface area (TPSA) is 111 Å². The molecule has 0 fully saturated rings. The molecule has 0 aliphatic carbocycles. The van der Waals surface area contributed by atoms with Crippen LogP contribution in [0.2, 0.25) is 0 Å². The van der Waals surface area contributed by atoms with Gasteiger partial charge in [-0.1, -0.05) is 0 Å². The molecule has 0 aliphatic rings. The minimum absolute atomic E-state index is 0.00199. The fourth-order valence-corrected chi connectivity index (χ4v) is 1.43. The number of benzene rings is 1. The number of rotatable bonds is 4. The van der Waals surface area contributed by atoms with Crippen LogP contribution in [0.1, 0.15) is 5.69 Å². The number of methoxy groups -OCH3 is 1. The summed E-state index contributed by atoms with van der Waals surface area (Å²) >= 11 is 0. The maximum absolute atomic E-state index is 10.7. The first-order valence-corrected chi connectivity index (χ1v) is 5.37. The van der Waals surface area contributed by atoms with Crippen molar-refractivity contribution < 1.29 is 14.4 Å². The second kappa shape index (κ2) is 5.62. The Morgan fingerprint density at radius 1 is 1.30 bits per heavy atom. The minimum atomic E-state index is -0.546. The van der Waals surface area contributed by atoms with Gasteiger partial charge in [0.25, 0.3) is 11.6 Å². The lowest BCUT2D eigenvalue weighted by atomic mass is 10.3. The van der Waals surface area contributed by atoms with Crippen molar-refractivity contribution in [3.63, 3.8) is 0 Å². The summed E-state index contributed by atoms with van der Waals surface area (Å²) in [6.07, 6.45) is 2.73. The molecule has 20 heavy (non-hydrogen) atoms.